The number of benzene rings is 1. The van der Waals surface area contributed by atoms with Crippen LogP contribution >= 0.6 is 0 Å². The first-order chi connectivity index (χ1) is 18.7. The fraction of sp³-hybridized carbons (Fsp3) is 0.643. The zero-order valence-electron chi connectivity index (χ0n) is 24.6. The van der Waals surface area contributed by atoms with E-state index in [9.17, 15) is 24.3 Å². The fourth-order valence-corrected chi connectivity index (χ4v) is 2.88. The molecule has 0 heterocycles. The van der Waals surface area contributed by atoms with Crippen LogP contribution in [0.15, 0.2) is 18.2 Å². The summed E-state index contributed by atoms with van der Waals surface area (Å²) >= 11 is 0. The van der Waals surface area contributed by atoms with Crippen LogP contribution in [0.25, 0.3) is 0 Å². The van der Waals surface area contributed by atoms with E-state index < -0.39 is 48.3 Å². The molecule has 0 spiro atoms. The summed E-state index contributed by atoms with van der Waals surface area (Å²) in [6, 6.07) is 3.19. The average molecular weight is 570 g/mol. The van der Waals surface area contributed by atoms with Crippen LogP contribution in [0.1, 0.15) is 80.2 Å². The summed E-state index contributed by atoms with van der Waals surface area (Å²) in [5, 5.41) is 12.6. The molecule has 0 saturated heterocycles. The smallest absolute Gasteiger partial charge is 0.480 e. The van der Waals surface area contributed by atoms with E-state index in [4.69, 9.17) is 28.4 Å². The number of aliphatic carboxylic acids is 1. The summed E-state index contributed by atoms with van der Waals surface area (Å²) in [4.78, 5) is 48.4. The highest BCUT2D eigenvalue weighted by Crippen LogP contribution is 2.30. The van der Waals surface area contributed by atoms with Gasteiger partial charge in [0.25, 0.3) is 0 Å². The van der Waals surface area contributed by atoms with E-state index in [1.54, 1.807) is 34.6 Å². The summed E-state index contributed by atoms with van der Waals surface area (Å²) in [5.74, 6) is -1.40. The SMILES string of the molecule is CCC(C)OC(=O)Oc1ccc(C[C@H](NCC(C)OC(=O)OC(C)(C)CC)C(=O)O)cc1OC(=O)OC(C)CC. The average Bonchev–Trinajstić information content (AvgIpc) is 2.86. The number of hydrogen-bond acceptors (Lipinski definition) is 11. The molecule has 3 unspecified atom stereocenters. The second-order valence-corrected chi connectivity index (χ2v) is 10.1. The molecule has 0 fully saturated rings. The number of carbonyl (C=O) groups excluding carboxylic acids is 3. The van der Waals surface area contributed by atoms with Crippen molar-refractivity contribution in [2.75, 3.05) is 6.54 Å². The highest BCUT2D eigenvalue weighted by molar-refractivity contribution is 5.74. The van der Waals surface area contributed by atoms with Crippen LogP contribution in [0.3, 0.4) is 0 Å². The van der Waals surface area contributed by atoms with Crippen molar-refractivity contribution in [2.45, 2.75) is 111 Å². The lowest BCUT2D eigenvalue weighted by Crippen LogP contribution is -2.43. The molecule has 1 aromatic carbocycles. The van der Waals surface area contributed by atoms with Crippen molar-refractivity contribution in [2.24, 2.45) is 0 Å². The Morgan fingerprint density at radius 2 is 1.35 bits per heavy atom. The van der Waals surface area contributed by atoms with Crippen LogP contribution in [0.2, 0.25) is 0 Å². The van der Waals surface area contributed by atoms with Crippen molar-refractivity contribution in [1.29, 1.82) is 0 Å². The summed E-state index contributed by atoms with van der Waals surface area (Å²) in [7, 11) is 0. The molecule has 0 aliphatic heterocycles. The molecule has 0 amide bonds. The minimum absolute atomic E-state index is 0.0336. The molecule has 40 heavy (non-hydrogen) atoms. The van der Waals surface area contributed by atoms with Crippen LogP contribution in [-0.4, -0.2) is 66.0 Å². The van der Waals surface area contributed by atoms with Crippen LogP contribution in [0, 0.1) is 0 Å². The number of nitrogens with one attached hydrogen (secondary N) is 1. The molecule has 4 atom stereocenters. The third-order valence-electron chi connectivity index (χ3n) is 6.04. The first kappa shape index (κ1) is 34.5. The Balaban J connectivity index is 3.00. The van der Waals surface area contributed by atoms with Gasteiger partial charge in [-0.25, -0.2) is 14.4 Å². The standard InChI is InChI=1S/C28H43NO11/c1-9-17(4)35-25(32)38-22-13-12-20(15-23(22)39-26(33)36-18(5)10-2)14-21(24(30)31)29-16-19(6)37-27(34)40-28(7,8)11-3/h12-13,15,17-19,21,29H,9-11,14,16H2,1-8H3,(H,30,31)/t17?,18?,19?,21-/m0/s1. The van der Waals surface area contributed by atoms with Gasteiger partial charge in [-0.05, 0) is 78.0 Å². The van der Waals surface area contributed by atoms with Crippen molar-refractivity contribution in [1.82, 2.24) is 5.32 Å². The van der Waals surface area contributed by atoms with E-state index in [0.717, 1.165) is 0 Å². The summed E-state index contributed by atoms with van der Waals surface area (Å²) in [5.41, 5.74) is -0.235. The lowest BCUT2D eigenvalue weighted by atomic mass is 10.0. The number of rotatable bonds is 15. The van der Waals surface area contributed by atoms with Gasteiger partial charge in [0.2, 0.25) is 0 Å². The number of ether oxygens (including phenoxy) is 6. The molecule has 12 heteroatoms. The Labute approximate surface area is 235 Å². The maximum atomic E-state index is 12.3. The molecule has 0 aliphatic carbocycles. The molecule has 0 aromatic heterocycles. The van der Waals surface area contributed by atoms with Gasteiger partial charge in [-0.15, -0.1) is 0 Å². The third-order valence-corrected chi connectivity index (χ3v) is 6.04. The maximum absolute atomic E-state index is 12.3. The summed E-state index contributed by atoms with van der Waals surface area (Å²) in [6.07, 6.45) is -2.63. The van der Waals surface area contributed by atoms with Crippen molar-refractivity contribution < 1.29 is 52.7 Å². The molecule has 12 nitrogen and oxygen atoms in total. The van der Waals surface area contributed by atoms with E-state index in [0.29, 0.717) is 24.8 Å². The van der Waals surface area contributed by atoms with Crippen LogP contribution in [0.4, 0.5) is 14.4 Å². The van der Waals surface area contributed by atoms with Gasteiger partial charge in [0, 0.05) is 6.54 Å². The van der Waals surface area contributed by atoms with Gasteiger partial charge in [0.15, 0.2) is 11.5 Å². The lowest BCUT2D eigenvalue weighted by molar-refractivity contribution is -0.139. The van der Waals surface area contributed by atoms with Gasteiger partial charge in [-0.1, -0.05) is 26.8 Å². The largest absolute Gasteiger partial charge is 0.514 e. The van der Waals surface area contributed by atoms with Gasteiger partial charge >= 0.3 is 24.4 Å². The second kappa shape index (κ2) is 16.5. The van der Waals surface area contributed by atoms with E-state index >= 15 is 0 Å². The van der Waals surface area contributed by atoms with Crippen molar-refractivity contribution in [3.63, 3.8) is 0 Å². The molecule has 0 aliphatic rings. The van der Waals surface area contributed by atoms with Gasteiger partial charge in [0.1, 0.15) is 30.0 Å². The Kier molecular flexibility index (Phi) is 14.3. The van der Waals surface area contributed by atoms with Crippen LogP contribution in [-0.2, 0) is 30.2 Å². The Bertz CT molecular complexity index is 994. The predicted molar refractivity (Wildman–Crippen MR) is 145 cm³/mol. The van der Waals surface area contributed by atoms with E-state index in [1.165, 1.54) is 18.2 Å². The molecule has 1 aromatic rings. The molecule has 2 N–H and O–H groups in total. The van der Waals surface area contributed by atoms with Crippen molar-refractivity contribution >= 4 is 24.4 Å². The first-order valence-electron chi connectivity index (χ1n) is 13.4. The third kappa shape index (κ3) is 13.0. The topological polar surface area (TPSA) is 156 Å². The molecule has 0 bridgehead atoms. The number of carbonyl (C=O) groups is 4. The number of hydrogen-bond donors (Lipinski definition) is 2. The molecular formula is C28H43NO11. The molecule has 0 saturated carbocycles. The summed E-state index contributed by atoms with van der Waals surface area (Å²) in [6.45, 7) is 14.1. The summed E-state index contributed by atoms with van der Waals surface area (Å²) < 4.78 is 31.2. The highest BCUT2D eigenvalue weighted by Gasteiger charge is 2.25. The maximum Gasteiger partial charge on any atom is 0.514 e. The Morgan fingerprint density at radius 3 is 1.85 bits per heavy atom. The fourth-order valence-electron chi connectivity index (χ4n) is 2.88. The molecular weight excluding hydrogens is 526 g/mol. The van der Waals surface area contributed by atoms with Gasteiger partial charge in [-0.3, -0.25) is 4.79 Å². The number of carboxylic acid groups (broad SMARTS) is 1. The molecule has 0 radical (unpaired) electrons. The zero-order valence-corrected chi connectivity index (χ0v) is 24.6. The van der Waals surface area contributed by atoms with Crippen LogP contribution < -0.4 is 14.8 Å². The molecule has 1 rings (SSSR count). The van der Waals surface area contributed by atoms with Crippen molar-refractivity contribution in [3.05, 3.63) is 23.8 Å². The minimum atomic E-state index is -1.15. The van der Waals surface area contributed by atoms with Crippen molar-refractivity contribution in [3.8, 4) is 11.5 Å². The highest BCUT2D eigenvalue weighted by atomic mass is 16.8. The van der Waals surface area contributed by atoms with Crippen LogP contribution in [0.5, 0.6) is 11.5 Å². The number of carboxylic acids is 1. The lowest BCUT2D eigenvalue weighted by Gasteiger charge is -2.24. The van der Waals surface area contributed by atoms with Gasteiger partial charge in [0.05, 0.1) is 0 Å². The molecule has 226 valence electrons. The predicted octanol–water partition coefficient (Wildman–Crippen LogP) is 5.63. The van der Waals surface area contributed by atoms with E-state index in [-0.39, 0.29) is 30.6 Å². The normalized spacial score (nSPS) is 14.2. The Hall–Kier alpha value is -3.54. The van der Waals surface area contributed by atoms with Gasteiger partial charge < -0.3 is 38.8 Å². The second-order valence-electron chi connectivity index (χ2n) is 10.1. The minimum Gasteiger partial charge on any atom is -0.480 e. The van der Waals surface area contributed by atoms with E-state index in [1.807, 2.05) is 20.8 Å². The van der Waals surface area contributed by atoms with Gasteiger partial charge in [-0.2, -0.15) is 0 Å². The Morgan fingerprint density at radius 1 is 0.825 bits per heavy atom. The first-order valence-corrected chi connectivity index (χ1v) is 13.4. The zero-order chi connectivity index (χ0) is 30.5. The van der Waals surface area contributed by atoms with E-state index in [2.05, 4.69) is 5.32 Å². The monoisotopic (exact) mass is 569 g/mol. The quantitative estimate of drug-likeness (QED) is 0.153.